The molecule has 0 spiro atoms. The number of H-pyrrole nitrogens is 1. The minimum Gasteiger partial charge on any atom is -0.473 e. The molecule has 3 aromatic heterocycles. The number of aromatic nitrogens is 6. The lowest BCUT2D eigenvalue weighted by Crippen LogP contribution is -2.45. The van der Waals surface area contributed by atoms with E-state index in [4.69, 9.17) is 4.74 Å². The van der Waals surface area contributed by atoms with Gasteiger partial charge < -0.3 is 10.1 Å². The van der Waals surface area contributed by atoms with Crippen molar-refractivity contribution >= 4 is 22.3 Å². The fourth-order valence-electron chi connectivity index (χ4n) is 4.13. The molecule has 0 radical (unpaired) electrons. The smallest absolute Gasteiger partial charge is 0.244 e. The molecule has 0 aromatic carbocycles. The van der Waals surface area contributed by atoms with Gasteiger partial charge in [0.25, 0.3) is 0 Å². The molecule has 2 aliphatic rings. The topological polar surface area (TPSA) is 130 Å². The van der Waals surface area contributed by atoms with Gasteiger partial charge in [0.15, 0.2) is 16.4 Å². The number of anilines is 1. The summed E-state index contributed by atoms with van der Waals surface area (Å²) in [6.45, 7) is 3.55. The zero-order valence-electron chi connectivity index (χ0n) is 17.3. The molecular formula is C19H26N8O3S. The maximum Gasteiger partial charge on any atom is 0.244 e. The van der Waals surface area contributed by atoms with Gasteiger partial charge in [0.1, 0.15) is 11.8 Å². The number of piperidine rings is 1. The molecule has 5 rings (SSSR count). The molecular weight excluding hydrogens is 420 g/mol. The first kappa shape index (κ1) is 20.2. The maximum atomic E-state index is 11.0. The minimum atomic E-state index is -2.40. The summed E-state index contributed by atoms with van der Waals surface area (Å²) in [6, 6.07) is 0.162. The summed E-state index contributed by atoms with van der Waals surface area (Å²) in [5.74, 6) is 1.47. The van der Waals surface area contributed by atoms with Crippen LogP contribution in [0.2, 0.25) is 0 Å². The highest BCUT2D eigenvalue weighted by atomic mass is 32.2. The quantitative estimate of drug-likeness (QED) is 0.457. The van der Waals surface area contributed by atoms with Gasteiger partial charge in [0.05, 0.1) is 18.3 Å². The molecule has 2 N–H and O–H groups in total. The maximum absolute atomic E-state index is 11.0. The number of thiol groups is 1. The number of likely N-dealkylation sites (tertiary alicyclic amines) is 1. The molecule has 31 heavy (non-hydrogen) atoms. The van der Waals surface area contributed by atoms with Crippen molar-refractivity contribution in [1.29, 1.82) is 0 Å². The molecule has 0 bridgehead atoms. The van der Waals surface area contributed by atoms with Crippen molar-refractivity contribution in [1.82, 2.24) is 34.7 Å². The molecule has 1 aliphatic carbocycles. The lowest BCUT2D eigenvalue weighted by Gasteiger charge is -2.35. The van der Waals surface area contributed by atoms with E-state index in [-0.39, 0.29) is 23.9 Å². The predicted molar refractivity (Wildman–Crippen MR) is 115 cm³/mol. The van der Waals surface area contributed by atoms with Gasteiger partial charge >= 0.3 is 0 Å². The number of rotatable bonds is 7. The molecule has 1 aliphatic heterocycles. The highest BCUT2D eigenvalue weighted by molar-refractivity contribution is 7.72. The second-order valence-corrected chi connectivity index (χ2v) is 9.29. The van der Waals surface area contributed by atoms with Crippen LogP contribution in [0.4, 0.5) is 5.95 Å². The Morgan fingerprint density at radius 1 is 1.29 bits per heavy atom. The molecule has 2 atom stereocenters. The summed E-state index contributed by atoms with van der Waals surface area (Å²) in [7, 11) is -2.40. The van der Waals surface area contributed by atoms with Crippen LogP contribution in [0, 0.1) is 5.92 Å². The number of aromatic amines is 1. The number of ether oxygens (including phenoxy) is 1. The third-order valence-corrected chi connectivity index (χ3v) is 6.69. The average molecular weight is 447 g/mol. The van der Waals surface area contributed by atoms with E-state index in [2.05, 4.69) is 37.5 Å². The number of fused-ring (bicyclic) bond motifs is 1. The Bertz CT molecular complexity index is 1120. The predicted octanol–water partition coefficient (Wildman–Crippen LogP) is 1.14. The van der Waals surface area contributed by atoms with Gasteiger partial charge in [-0.2, -0.15) is 14.6 Å². The summed E-state index contributed by atoms with van der Waals surface area (Å²) in [4.78, 5) is 11.2. The van der Waals surface area contributed by atoms with Crippen LogP contribution in [-0.4, -0.2) is 74.2 Å². The van der Waals surface area contributed by atoms with Crippen LogP contribution in [0.25, 0.3) is 16.9 Å². The van der Waals surface area contributed by atoms with Crippen molar-refractivity contribution in [3.05, 3.63) is 18.6 Å². The fourth-order valence-corrected chi connectivity index (χ4v) is 4.71. The third kappa shape index (κ3) is 4.22. The summed E-state index contributed by atoms with van der Waals surface area (Å²) in [5, 5.41) is 15.0. The van der Waals surface area contributed by atoms with Crippen molar-refractivity contribution in [3.63, 3.8) is 0 Å². The van der Waals surface area contributed by atoms with Gasteiger partial charge in [-0.25, -0.2) is 13.4 Å². The Hall–Kier alpha value is -2.73. The van der Waals surface area contributed by atoms with Crippen LogP contribution in [0.1, 0.15) is 32.6 Å². The number of nitrogens with zero attached hydrogens (tertiary/aromatic N) is 6. The normalized spacial score (nSPS) is 22.6. The standard InChI is InChI=1S/C19H26N8O3S/c1-12-10-26(11-31(28)29)6-5-15(12)23-19-24-16-9-20-17(13-7-21-22-8-13)18(27(16)25-19)30-14-3-2-4-14/h7-9,12,14-15,31H,2-6,10-11H2,1H3,(H,21,22)(H,23,25)/t12-,15+/m1/s1. The van der Waals surface area contributed by atoms with Crippen LogP contribution >= 0.6 is 0 Å². The van der Waals surface area contributed by atoms with Gasteiger partial charge in [-0.3, -0.25) is 10.00 Å². The van der Waals surface area contributed by atoms with Crippen LogP contribution in [-0.2, 0) is 10.7 Å². The Morgan fingerprint density at radius 2 is 2.16 bits per heavy atom. The number of hydrogen-bond acceptors (Lipinski definition) is 9. The van der Waals surface area contributed by atoms with E-state index in [1.165, 1.54) is 0 Å². The Kier molecular flexibility index (Phi) is 5.48. The fraction of sp³-hybridized carbons (Fsp3) is 0.579. The van der Waals surface area contributed by atoms with E-state index < -0.39 is 10.7 Å². The van der Waals surface area contributed by atoms with E-state index in [9.17, 15) is 8.42 Å². The summed E-state index contributed by atoms with van der Waals surface area (Å²) in [5.41, 5.74) is 2.12. The molecule has 3 aromatic rings. The van der Waals surface area contributed by atoms with Gasteiger partial charge in [0.2, 0.25) is 11.8 Å². The van der Waals surface area contributed by atoms with Crippen LogP contribution in [0.5, 0.6) is 5.88 Å². The van der Waals surface area contributed by atoms with Gasteiger partial charge in [-0.05, 0) is 31.6 Å². The molecule has 1 saturated heterocycles. The molecule has 166 valence electrons. The van der Waals surface area contributed by atoms with Crippen molar-refractivity contribution in [3.8, 4) is 17.1 Å². The molecule has 11 nitrogen and oxygen atoms in total. The number of hydrogen-bond donors (Lipinski definition) is 3. The average Bonchev–Trinajstić information content (AvgIpc) is 3.35. The first-order valence-corrected chi connectivity index (χ1v) is 12.0. The lowest BCUT2D eigenvalue weighted by atomic mass is 9.94. The Balaban J connectivity index is 1.40. The van der Waals surface area contributed by atoms with E-state index in [1.54, 1.807) is 23.1 Å². The monoisotopic (exact) mass is 446 g/mol. The Labute approximate surface area is 181 Å². The SMILES string of the molecule is C[C@@H]1CN(C[SH](=O)=O)CC[C@@H]1Nc1nc2cnc(-c3cn[nH]c3)c(OC3CCC3)n2n1. The molecule has 1 saturated carbocycles. The highest BCUT2D eigenvalue weighted by Gasteiger charge is 2.28. The van der Waals surface area contributed by atoms with E-state index in [1.807, 2.05) is 4.90 Å². The Morgan fingerprint density at radius 3 is 2.84 bits per heavy atom. The molecule has 2 fully saturated rings. The lowest BCUT2D eigenvalue weighted by molar-refractivity contribution is 0.112. The second kappa shape index (κ2) is 8.42. The zero-order chi connectivity index (χ0) is 21.4. The highest BCUT2D eigenvalue weighted by Crippen LogP contribution is 2.32. The molecule has 0 amide bonds. The van der Waals surface area contributed by atoms with Crippen molar-refractivity contribution < 1.29 is 13.2 Å². The van der Waals surface area contributed by atoms with E-state index in [0.29, 0.717) is 23.2 Å². The van der Waals surface area contributed by atoms with E-state index >= 15 is 0 Å². The van der Waals surface area contributed by atoms with Crippen LogP contribution in [0.15, 0.2) is 18.6 Å². The van der Waals surface area contributed by atoms with Crippen molar-refractivity contribution in [2.75, 3.05) is 24.3 Å². The van der Waals surface area contributed by atoms with Gasteiger partial charge in [0, 0.05) is 30.9 Å². The second-order valence-electron chi connectivity index (χ2n) is 8.34. The van der Waals surface area contributed by atoms with Gasteiger partial charge in [-0.1, -0.05) is 6.92 Å². The van der Waals surface area contributed by atoms with Crippen LogP contribution in [0.3, 0.4) is 0 Å². The van der Waals surface area contributed by atoms with E-state index in [0.717, 1.165) is 44.3 Å². The van der Waals surface area contributed by atoms with Crippen LogP contribution < -0.4 is 10.1 Å². The zero-order valence-corrected chi connectivity index (χ0v) is 18.2. The third-order valence-electron chi connectivity index (χ3n) is 6.06. The van der Waals surface area contributed by atoms with Gasteiger partial charge in [-0.15, -0.1) is 5.10 Å². The number of nitrogens with one attached hydrogen (secondary N) is 2. The summed E-state index contributed by atoms with van der Waals surface area (Å²) < 4.78 is 30.0. The summed E-state index contributed by atoms with van der Waals surface area (Å²) >= 11 is 0. The molecule has 12 heteroatoms. The first-order chi connectivity index (χ1) is 15.1. The molecule has 0 unspecified atom stereocenters. The summed E-state index contributed by atoms with van der Waals surface area (Å²) in [6.07, 6.45) is 9.37. The van der Waals surface area contributed by atoms with Crippen molar-refractivity contribution in [2.45, 2.75) is 44.8 Å². The first-order valence-electron chi connectivity index (χ1n) is 10.6. The largest absolute Gasteiger partial charge is 0.473 e. The molecule has 4 heterocycles. The minimum absolute atomic E-state index is 0.114. The van der Waals surface area contributed by atoms with Crippen molar-refractivity contribution in [2.24, 2.45) is 5.92 Å².